The molecule has 2 unspecified atom stereocenters. The van der Waals surface area contributed by atoms with E-state index in [1.54, 1.807) is 10.6 Å². The summed E-state index contributed by atoms with van der Waals surface area (Å²) in [7, 11) is 0. The number of aromatic nitrogens is 1. The maximum Gasteiger partial charge on any atom is 0.341 e. The lowest BCUT2D eigenvalue weighted by Crippen LogP contribution is -2.19. The third kappa shape index (κ3) is 2.63. The summed E-state index contributed by atoms with van der Waals surface area (Å²) in [6.45, 7) is 0. The fourth-order valence-corrected chi connectivity index (χ4v) is 3.84. The number of carbonyl (C=O) groups is 1. The van der Waals surface area contributed by atoms with Crippen molar-refractivity contribution in [1.29, 1.82) is 0 Å². The first-order valence-corrected chi connectivity index (χ1v) is 8.43. The molecule has 1 aromatic heterocycles. The molecule has 6 nitrogen and oxygen atoms in total. The Hall–Kier alpha value is -2.57. The predicted octanol–water partition coefficient (Wildman–Crippen LogP) is 3.58. The highest BCUT2D eigenvalue weighted by Crippen LogP contribution is 2.40. The van der Waals surface area contributed by atoms with Gasteiger partial charge < -0.3 is 9.67 Å². The number of carboxylic acids is 1. The second-order valence-electron chi connectivity index (χ2n) is 6.98. The molecule has 2 aliphatic carbocycles. The highest BCUT2D eigenvalue weighted by Gasteiger charge is 2.31. The average molecular weight is 344 g/mol. The van der Waals surface area contributed by atoms with E-state index in [2.05, 4.69) is 5.18 Å². The van der Waals surface area contributed by atoms with Gasteiger partial charge >= 0.3 is 5.97 Å². The van der Waals surface area contributed by atoms with Crippen molar-refractivity contribution in [2.75, 3.05) is 0 Å². The molecule has 4 rings (SSSR count). The van der Waals surface area contributed by atoms with Crippen LogP contribution < -0.4 is 5.43 Å². The number of halogens is 1. The molecule has 0 bridgehead atoms. The van der Waals surface area contributed by atoms with Gasteiger partial charge in [-0.3, -0.25) is 4.79 Å². The zero-order chi connectivity index (χ0) is 17.7. The molecule has 130 valence electrons. The number of pyridine rings is 1. The molecule has 2 fully saturated rings. The summed E-state index contributed by atoms with van der Waals surface area (Å²) in [6, 6.07) is 2.67. The number of aromatic carboxylic acids is 1. The molecular weight excluding hydrogens is 327 g/mol. The Bertz CT molecular complexity index is 948. The van der Waals surface area contributed by atoms with Crippen LogP contribution in [0.25, 0.3) is 10.9 Å². The van der Waals surface area contributed by atoms with Crippen LogP contribution in [-0.4, -0.2) is 21.7 Å². The van der Waals surface area contributed by atoms with Crippen LogP contribution >= 0.6 is 0 Å². The Labute approximate surface area is 142 Å². The normalized spacial score (nSPS) is 23.1. The Morgan fingerprint density at radius 2 is 2.00 bits per heavy atom. The van der Waals surface area contributed by atoms with E-state index in [1.165, 1.54) is 6.20 Å². The minimum Gasteiger partial charge on any atom is -0.477 e. The van der Waals surface area contributed by atoms with E-state index in [-0.39, 0.29) is 29.0 Å². The maximum absolute atomic E-state index is 14.7. The van der Waals surface area contributed by atoms with Crippen molar-refractivity contribution in [3.63, 3.8) is 0 Å². The van der Waals surface area contributed by atoms with Gasteiger partial charge in [-0.1, -0.05) is 5.18 Å². The number of fused-ring (bicyclic) bond motifs is 1. The molecule has 2 atom stereocenters. The summed E-state index contributed by atoms with van der Waals surface area (Å²) in [4.78, 5) is 34.5. The first kappa shape index (κ1) is 15.9. The van der Waals surface area contributed by atoms with Crippen molar-refractivity contribution in [3.05, 3.63) is 50.4 Å². The minimum atomic E-state index is -1.30. The van der Waals surface area contributed by atoms with Gasteiger partial charge in [0.25, 0.3) is 0 Å². The molecule has 2 aliphatic rings. The lowest BCUT2D eigenvalue weighted by atomic mass is 9.95. The van der Waals surface area contributed by atoms with Crippen molar-refractivity contribution in [3.8, 4) is 0 Å². The highest BCUT2D eigenvalue weighted by atomic mass is 19.1. The molecule has 0 amide bonds. The Balaban J connectivity index is 1.91. The van der Waals surface area contributed by atoms with E-state index in [0.29, 0.717) is 30.3 Å². The van der Waals surface area contributed by atoms with Gasteiger partial charge in [-0.15, -0.1) is 0 Å². The molecule has 0 aliphatic heterocycles. The lowest BCUT2D eigenvalue weighted by molar-refractivity contribution is 0.0695. The van der Waals surface area contributed by atoms with Crippen LogP contribution in [0.5, 0.6) is 0 Å². The molecule has 7 heteroatoms. The maximum atomic E-state index is 14.7. The quantitative estimate of drug-likeness (QED) is 0.859. The molecular formula is C18H17FN2O4. The monoisotopic (exact) mass is 344 g/mol. The van der Waals surface area contributed by atoms with Crippen LogP contribution in [0.1, 0.15) is 60.0 Å². The number of rotatable bonds is 4. The van der Waals surface area contributed by atoms with Gasteiger partial charge in [0.05, 0.1) is 11.6 Å². The molecule has 0 saturated heterocycles. The second-order valence-corrected chi connectivity index (χ2v) is 6.98. The Morgan fingerprint density at radius 3 is 2.60 bits per heavy atom. The Kier molecular flexibility index (Phi) is 3.67. The van der Waals surface area contributed by atoms with Crippen LogP contribution in [0.3, 0.4) is 0 Å². The van der Waals surface area contributed by atoms with E-state index >= 15 is 0 Å². The van der Waals surface area contributed by atoms with Crippen LogP contribution in [0.2, 0.25) is 0 Å². The van der Waals surface area contributed by atoms with Crippen LogP contribution in [0.15, 0.2) is 28.3 Å². The van der Waals surface area contributed by atoms with Crippen LogP contribution in [-0.2, 0) is 0 Å². The average Bonchev–Trinajstić information content (AvgIpc) is 3.31. The first-order valence-electron chi connectivity index (χ1n) is 8.43. The van der Waals surface area contributed by atoms with Crippen LogP contribution in [0, 0.1) is 10.7 Å². The molecule has 1 aromatic carbocycles. The van der Waals surface area contributed by atoms with Crippen molar-refractivity contribution in [1.82, 2.24) is 4.57 Å². The number of hydrogen-bond acceptors (Lipinski definition) is 4. The molecule has 2 saturated carbocycles. The topological polar surface area (TPSA) is 88.7 Å². The van der Waals surface area contributed by atoms with Gasteiger partial charge in [0, 0.05) is 17.6 Å². The third-order valence-electron chi connectivity index (χ3n) is 5.32. The van der Waals surface area contributed by atoms with E-state index < -0.39 is 17.2 Å². The van der Waals surface area contributed by atoms with E-state index in [0.717, 1.165) is 18.9 Å². The first-order chi connectivity index (χ1) is 12.0. The van der Waals surface area contributed by atoms with Gasteiger partial charge in [0.2, 0.25) is 5.43 Å². The molecule has 25 heavy (non-hydrogen) atoms. The summed E-state index contributed by atoms with van der Waals surface area (Å²) in [5.74, 6) is -1.93. The van der Waals surface area contributed by atoms with Gasteiger partial charge in [-0.25, -0.2) is 9.18 Å². The number of nitrogens with zero attached hydrogens (tertiary/aromatic N) is 2. The van der Waals surface area contributed by atoms with Gasteiger partial charge in [0.15, 0.2) is 0 Å². The van der Waals surface area contributed by atoms with Crippen molar-refractivity contribution in [2.24, 2.45) is 5.18 Å². The fraction of sp³-hybridized carbons (Fsp3) is 0.444. The van der Waals surface area contributed by atoms with Crippen LogP contribution in [0.4, 0.5) is 4.39 Å². The van der Waals surface area contributed by atoms with Gasteiger partial charge in [-0.05, 0) is 55.7 Å². The molecule has 2 aromatic rings. The molecule has 0 radical (unpaired) electrons. The summed E-state index contributed by atoms with van der Waals surface area (Å²) >= 11 is 0. The SMILES string of the molecule is O=NC1CCC(c2cc3c(cc2F)c(=O)c(C(=O)O)cn3C2CC2)C1. The Morgan fingerprint density at radius 1 is 1.24 bits per heavy atom. The minimum absolute atomic E-state index is 0.0936. The zero-order valence-electron chi connectivity index (χ0n) is 13.4. The van der Waals surface area contributed by atoms with Gasteiger partial charge in [0.1, 0.15) is 11.4 Å². The number of carboxylic acid groups (broad SMARTS) is 1. The van der Waals surface area contributed by atoms with E-state index in [9.17, 15) is 24.0 Å². The van der Waals surface area contributed by atoms with E-state index in [4.69, 9.17) is 0 Å². The number of hydrogen-bond donors (Lipinski definition) is 1. The smallest absolute Gasteiger partial charge is 0.341 e. The lowest BCUT2D eigenvalue weighted by Gasteiger charge is -2.16. The zero-order valence-corrected chi connectivity index (χ0v) is 13.4. The van der Waals surface area contributed by atoms with Gasteiger partial charge in [-0.2, -0.15) is 4.91 Å². The standard InChI is InChI=1S/C18H17FN2O4/c19-15-6-13-16(7-12(15)9-1-2-10(5-9)20-25)21(11-3-4-11)8-14(17(13)22)18(23)24/h6-11H,1-5H2,(H,23,24). The molecule has 1 N–H and O–H groups in total. The largest absolute Gasteiger partial charge is 0.477 e. The van der Waals surface area contributed by atoms with Crippen molar-refractivity contribution < 1.29 is 14.3 Å². The third-order valence-corrected chi connectivity index (χ3v) is 5.32. The van der Waals surface area contributed by atoms with Crippen molar-refractivity contribution >= 4 is 16.9 Å². The highest BCUT2D eigenvalue weighted by molar-refractivity contribution is 5.92. The second kappa shape index (κ2) is 5.75. The summed E-state index contributed by atoms with van der Waals surface area (Å²) in [6.07, 6.45) is 5.01. The predicted molar refractivity (Wildman–Crippen MR) is 89.6 cm³/mol. The molecule has 0 spiro atoms. The molecule has 1 heterocycles. The fourth-order valence-electron chi connectivity index (χ4n) is 3.84. The summed E-state index contributed by atoms with van der Waals surface area (Å²) in [5, 5.41) is 12.4. The number of benzene rings is 1. The van der Waals surface area contributed by atoms with E-state index in [1.807, 2.05) is 0 Å². The summed E-state index contributed by atoms with van der Waals surface area (Å²) < 4.78 is 16.4. The number of nitroso groups, excluding NO2 is 1. The summed E-state index contributed by atoms with van der Waals surface area (Å²) in [5.41, 5.74) is 0.0493. The van der Waals surface area contributed by atoms with Crippen molar-refractivity contribution in [2.45, 2.75) is 50.1 Å².